The maximum atomic E-state index is 12.1. The SMILES string of the molecule is O=C(Nc1ccc2[nH]ncc2c1)c1ccc([N+](=O)[O-])cc1. The molecule has 0 spiro atoms. The van der Waals surface area contributed by atoms with Crippen LogP contribution in [-0.2, 0) is 0 Å². The van der Waals surface area contributed by atoms with Crippen molar-refractivity contribution in [2.24, 2.45) is 0 Å². The van der Waals surface area contributed by atoms with E-state index >= 15 is 0 Å². The Balaban J connectivity index is 1.80. The third-order valence-corrected chi connectivity index (χ3v) is 3.04. The number of carbonyl (C=O) groups is 1. The van der Waals surface area contributed by atoms with Crippen molar-refractivity contribution in [3.05, 3.63) is 64.3 Å². The number of benzene rings is 2. The monoisotopic (exact) mass is 282 g/mol. The highest BCUT2D eigenvalue weighted by Crippen LogP contribution is 2.18. The molecule has 104 valence electrons. The highest BCUT2D eigenvalue weighted by Gasteiger charge is 2.10. The number of carbonyl (C=O) groups excluding carboxylic acids is 1. The maximum absolute atomic E-state index is 12.1. The number of nitro benzene ring substituents is 1. The summed E-state index contributed by atoms with van der Waals surface area (Å²) in [5.41, 5.74) is 1.81. The molecule has 0 bridgehead atoms. The van der Waals surface area contributed by atoms with E-state index in [-0.39, 0.29) is 11.6 Å². The van der Waals surface area contributed by atoms with Crippen LogP contribution in [0, 0.1) is 10.1 Å². The third-order valence-electron chi connectivity index (χ3n) is 3.04. The molecular weight excluding hydrogens is 272 g/mol. The van der Waals surface area contributed by atoms with Gasteiger partial charge in [0.1, 0.15) is 0 Å². The molecule has 0 aliphatic heterocycles. The summed E-state index contributed by atoms with van der Waals surface area (Å²) in [6.07, 6.45) is 1.66. The number of H-pyrrole nitrogens is 1. The number of fused-ring (bicyclic) bond motifs is 1. The van der Waals surface area contributed by atoms with E-state index in [0.717, 1.165) is 10.9 Å². The molecule has 21 heavy (non-hydrogen) atoms. The number of nitrogens with one attached hydrogen (secondary N) is 2. The summed E-state index contributed by atoms with van der Waals surface area (Å²) in [5.74, 6) is -0.326. The Kier molecular flexibility index (Phi) is 3.07. The first kappa shape index (κ1) is 12.8. The Labute approximate surface area is 118 Å². The van der Waals surface area contributed by atoms with Gasteiger partial charge in [0.25, 0.3) is 11.6 Å². The topological polar surface area (TPSA) is 101 Å². The van der Waals surface area contributed by atoms with Gasteiger partial charge < -0.3 is 5.32 Å². The van der Waals surface area contributed by atoms with Gasteiger partial charge in [-0.3, -0.25) is 20.0 Å². The summed E-state index contributed by atoms with van der Waals surface area (Å²) in [7, 11) is 0. The summed E-state index contributed by atoms with van der Waals surface area (Å²) >= 11 is 0. The zero-order valence-electron chi connectivity index (χ0n) is 10.7. The summed E-state index contributed by atoms with van der Waals surface area (Å²) in [4.78, 5) is 22.1. The van der Waals surface area contributed by atoms with E-state index < -0.39 is 4.92 Å². The van der Waals surface area contributed by atoms with E-state index in [1.807, 2.05) is 6.07 Å². The van der Waals surface area contributed by atoms with Gasteiger partial charge >= 0.3 is 0 Å². The molecule has 0 saturated carbocycles. The van der Waals surface area contributed by atoms with E-state index in [1.54, 1.807) is 18.3 Å². The van der Waals surface area contributed by atoms with Crippen LogP contribution in [0.2, 0.25) is 0 Å². The van der Waals surface area contributed by atoms with Crippen molar-refractivity contribution in [3.63, 3.8) is 0 Å². The summed E-state index contributed by atoms with van der Waals surface area (Å²) in [6.45, 7) is 0. The molecule has 0 saturated heterocycles. The van der Waals surface area contributed by atoms with Crippen LogP contribution >= 0.6 is 0 Å². The first-order chi connectivity index (χ1) is 10.1. The molecule has 0 aliphatic rings. The van der Waals surface area contributed by atoms with E-state index in [0.29, 0.717) is 11.3 Å². The van der Waals surface area contributed by atoms with E-state index in [4.69, 9.17) is 0 Å². The number of rotatable bonds is 3. The molecule has 0 aliphatic carbocycles. The van der Waals surface area contributed by atoms with E-state index in [2.05, 4.69) is 15.5 Å². The van der Waals surface area contributed by atoms with Crippen LogP contribution in [0.4, 0.5) is 11.4 Å². The third kappa shape index (κ3) is 2.57. The zero-order valence-corrected chi connectivity index (χ0v) is 10.7. The maximum Gasteiger partial charge on any atom is 0.269 e. The number of hydrogen-bond donors (Lipinski definition) is 2. The largest absolute Gasteiger partial charge is 0.322 e. The summed E-state index contributed by atoms with van der Waals surface area (Å²) in [6, 6.07) is 10.8. The first-order valence-electron chi connectivity index (χ1n) is 6.12. The van der Waals surface area contributed by atoms with Gasteiger partial charge in [0.15, 0.2) is 0 Å². The van der Waals surface area contributed by atoms with Crippen LogP contribution in [0.25, 0.3) is 10.9 Å². The number of aromatic amines is 1. The van der Waals surface area contributed by atoms with Crippen LogP contribution in [0.15, 0.2) is 48.7 Å². The molecule has 7 heteroatoms. The molecular formula is C14H10N4O3. The van der Waals surface area contributed by atoms with Crippen LogP contribution in [0.1, 0.15) is 10.4 Å². The fourth-order valence-corrected chi connectivity index (χ4v) is 1.96. The molecule has 0 atom stereocenters. The molecule has 2 aromatic carbocycles. The van der Waals surface area contributed by atoms with Gasteiger partial charge in [-0.25, -0.2) is 0 Å². The van der Waals surface area contributed by atoms with Crippen molar-refractivity contribution in [3.8, 4) is 0 Å². The van der Waals surface area contributed by atoms with Gasteiger partial charge in [0, 0.05) is 28.8 Å². The second-order valence-electron chi connectivity index (χ2n) is 4.43. The van der Waals surface area contributed by atoms with Crippen LogP contribution in [0.5, 0.6) is 0 Å². The van der Waals surface area contributed by atoms with Gasteiger partial charge in [0.05, 0.1) is 16.6 Å². The summed E-state index contributed by atoms with van der Waals surface area (Å²) < 4.78 is 0. The number of hydrogen-bond acceptors (Lipinski definition) is 4. The zero-order chi connectivity index (χ0) is 14.8. The second kappa shape index (κ2) is 5.04. The number of amides is 1. The van der Waals surface area contributed by atoms with Crippen molar-refractivity contribution < 1.29 is 9.72 Å². The second-order valence-corrected chi connectivity index (χ2v) is 4.43. The summed E-state index contributed by atoms with van der Waals surface area (Å²) in [5, 5.41) is 20.9. The lowest BCUT2D eigenvalue weighted by atomic mass is 10.2. The Morgan fingerprint density at radius 1 is 1.19 bits per heavy atom. The minimum atomic E-state index is -0.505. The van der Waals surface area contributed by atoms with Gasteiger partial charge in [0.2, 0.25) is 0 Å². The van der Waals surface area contributed by atoms with Crippen LogP contribution < -0.4 is 5.32 Å². The van der Waals surface area contributed by atoms with Gasteiger partial charge in [-0.15, -0.1) is 0 Å². The van der Waals surface area contributed by atoms with Crippen molar-refractivity contribution in [2.45, 2.75) is 0 Å². The fraction of sp³-hybridized carbons (Fsp3) is 0. The fourth-order valence-electron chi connectivity index (χ4n) is 1.96. The molecule has 1 amide bonds. The quantitative estimate of drug-likeness (QED) is 0.569. The standard InChI is InChI=1S/C14H10N4O3/c19-14(9-1-4-12(5-2-9)18(20)21)16-11-3-6-13-10(7-11)8-15-17-13/h1-8H,(H,15,17)(H,16,19). The lowest BCUT2D eigenvalue weighted by molar-refractivity contribution is -0.384. The Morgan fingerprint density at radius 3 is 2.67 bits per heavy atom. The van der Waals surface area contributed by atoms with Crippen molar-refractivity contribution in [1.29, 1.82) is 0 Å². The highest BCUT2D eigenvalue weighted by atomic mass is 16.6. The number of anilines is 1. The predicted octanol–water partition coefficient (Wildman–Crippen LogP) is 2.72. The average Bonchev–Trinajstić information content (AvgIpc) is 2.95. The molecule has 7 nitrogen and oxygen atoms in total. The Morgan fingerprint density at radius 2 is 1.95 bits per heavy atom. The first-order valence-corrected chi connectivity index (χ1v) is 6.12. The highest BCUT2D eigenvalue weighted by molar-refractivity contribution is 6.05. The van der Waals surface area contributed by atoms with Crippen LogP contribution in [-0.4, -0.2) is 21.0 Å². The van der Waals surface area contributed by atoms with E-state index in [9.17, 15) is 14.9 Å². The molecule has 3 aromatic rings. The van der Waals surface area contributed by atoms with Crippen molar-refractivity contribution in [2.75, 3.05) is 5.32 Å². The lowest BCUT2D eigenvalue weighted by Crippen LogP contribution is -2.11. The molecule has 0 unspecified atom stereocenters. The predicted molar refractivity (Wildman–Crippen MR) is 77.1 cm³/mol. The average molecular weight is 282 g/mol. The smallest absolute Gasteiger partial charge is 0.269 e. The minimum Gasteiger partial charge on any atom is -0.322 e. The number of aromatic nitrogens is 2. The molecule has 0 radical (unpaired) electrons. The van der Waals surface area contributed by atoms with Crippen LogP contribution in [0.3, 0.4) is 0 Å². The normalized spacial score (nSPS) is 10.5. The Hall–Kier alpha value is -3.22. The van der Waals surface area contributed by atoms with E-state index in [1.165, 1.54) is 24.3 Å². The van der Waals surface area contributed by atoms with Gasteiger partial charge in [-0.2, -0.15) is 5.10 Å². The molecule has 2 N–H and O–H groups in total. The Bertz CT molecular complexity index is 824. The molecule has 1 aromatic heterocycles. The van der Waals surface area contributed by atoms with Crippen molar-refractivity contribution in [1.82, 2.24) is 10.2 Å². The number of nitro groups is 1. The minimum absolute atomic E-state index is 0.0497. The van der Waals surface area contributed by atoms with Crippen molar-refractivity contribution >= 4 is 28.2 Å². The van der Waals surface area contributed by atoms with Gasteiger partial charge in [-0.05, 0) is 30.3 Å². The number of nitrogens with zero attached hydrogens (tertiary/aromatic N) is 2. The number of non-ortho nitro benzene ring substituents is 1. The lowest BCUT2D eigenvalue weighted by Gasteiger charge is -2.05. The van der Waals surface area contributed by atoms with Gasteiger partial charge in [-0.1, -0.05) is 0 Å². The molecule has 3 rings (SSSR count). The molecule has 0 fully saturated rings. The molecule has 1 heterocycles.